The molecule has 21 heavy (non-hydrogen) atoms. The van der Waals surface area contributed by atoms with Gasteiger partial charge in [0, 0.05) is 19.6 Å². The van der Waals surface area contributed by atoms with Gasteiger partial charge in [-0.15, -0.1) is 11.3 Å². The van der Waals surface area contributed by atoms with Crippen LogP contribution >= 0.6 is 11.3 Å². The Kier molecular flexibility index (Phi) is 4.38. The van der Waals surface area contributed by atoms with Crippen LogP contribution in [0.2, 0.25) is 0 Å². The molecule has 0 aromatic carbocycles. The second-order valence-electron chi connectivity index (χ2n) is 6.50. The van der Waals surface area contributed by atoms with Crippen molar-refractivity contribution in [2.24, 2.45) is 5.92 Å². The van der Waals surface area contributed by atoms with E-state index in [0.717, 1.165) is 30.3 Å². The zero-order valence-electron chi connectivity index (χ0n) is 12.7. The summed E-state index contributed by atoms with van der Waals surface area (Å²) in [5, 5.41) is 4.13. The predicted molar refractivity (Wildman–Crippen MR) is 89.1 cm³/mol. The molecule has 0 unspecified atom stereocenters. The van der Waals surface area contributed by atoms with Gasteiger partial charge in [0.05, 0.1) is 10.7 Å². The number of anilines is 2. The number of nitrogen functional groups attached to an aromatic ring is 1. The number of amides is 1. The lowest BCUT2D eigenvalue weighted by Gasteiger charge is -2.27. The van der Waals surface area contributed by atoms with Gasteiger partial charge >= 0.3 is 0 Å². The standard InChI is InChI=1S/C16H25N3OS/c1-19(10-11-5-3-2-4-6-11)14-9-13(17)15(21-14)16(20)18-12-7-8-12/h9,11-12H,2-8,10,17H2,1H3,(H,18,20). The number of nitrogens with two attached hydrogens (primary N) is 1. The van der Waals surface area contributed by atoms with Crippen LogP contribution in [0.3, 0.4) is 0 Å². The number of nitrogens with zero attached hydrogens (tertiary/aromatic N) is 1. The van der Waals surface area contributed by atoms with E-state index < -0.39 is 0 Å². The maximum Gasteiger partial charge on any atom is 0.263 e. The van der Waals surface area contributed by atoms with Crippen molar-refractivity contribution in [3.05, 3.63) is 10.9 Å². The largest absolute Gasteiger partial charge is 0.397 e. The molecule has 0 atom stereocenters. The molecule has 0 spiro atoms. The highest BCUT2D eigenvalue weighted by atomic mass is 32.1. The van der Waals surface area contributed by atoms with Crippen molar-refractivity contribution in [3.8, 4) is 0 Å². The smallest absolute Gasteiger partial charge is 0.263 e. The van der Waals surface area contributed by atoms with Gasteiger partial charge in [-0.3, -0.25) is 4.79 Å². The molecule has 0 aliphatic heterocycles. The lowest BCUT2D eigenvalue weighted by Crippen LogP contribution is -2.26. The molecule has 1 heterocycles. The highest BCUT2D eigenvalue weighted by Gasteiger charge is 2.26. The van der Waals surface area contributed by atoms with E-state index in [1.165, 1.54) is 43.4 Å². The Morgan fingerprint density at radius 3 is 2.71 bits per heavy atom. The Balaban J connectivity index is 1.62. The van der Waals surface area contributed by atoms with Crippen LogP contribution in [0.4, 0.5) is 10.7 Å². The van der Waals surface area contributed by atoms with E-state index in [-0.39, 0.29) is 5.91 Å². The van der Waals surface area contributed by atoms with Crippen LogP contribution in [0.25, 0.3) is 0 Å². The van der Waals surface area contributed by atoms with Gasteiger partial charge in [0.2, 0.25) is 0 Å². The van der Waals surface area contributed by atoms with Crippen molar-refractivity contribution in [1.82, 2.24) is 5.32 Å². The Bertz CT molecular complexity index is 504. The quantitative estimate of drug-likeness (QED) is 0.878. The predicted octanol–water partition coefficient (Wildman–Crippen LogP) is 3.24. The number of nitrogens with one attached hydrogen (secondary N) is 1. The summed E-state index contributed by atoms with van der Waals surface area (Å²) in [6.07, 6.45) is 8.98. The summed E-state index contributed by atoms with van der Waals surface area (Å²) < 4.78 is 0. The molecule has 1 amide bonds. The molecule has 116 valence electrons. The third-order valence-electron chi connectivity index (χ3n) is 4.50. The molecular weight excluding hydrogens is 282 g/mol. The molecule has 2 saturated carbocycles. The normalized spacial score (nSPS) is 19.5. The summed E-state index contributed by atoms with van der Waals surface area (Å²) in [7, 11) is 2.11. The van der Waals surface area contributed by atoms with E-state index in [4.69, 9.17) is 5.73 Å². The molecule has 2 aliphatic rings. The minimum atomic E-state index is -0.00248. The van der Waals surface area contributed by atoms with E-state index in [0.29, 0.717) is 16.6 Å². The van der Waals surface area contributed by atoms with E-state index in [9.17, 15) is 4.79 Å². The number of carbonyl (C=O) groups excluding carboxylic acids is 1. The summed E-state index contributed by atoms with van der Waals surface area (Å²) in [6, 6.07) is 2.33. The monoisotopic (exact) mass is 307 g/mol. The van der Waals surface area contributed by atoms with Crippen LogP contribution in [0.5, 0.6) is 0 Å². The maximum atomic E-state index is 12.1. The van der Waals surface area contributed by atoms with Crippen molar-refractivity contribution in [3.63, 3.8) is 0 Å². The Labute approximate surface area is 130 Å². The molecule has 1 aromatic heterocycles. The van der Waals surface area contributed by atoms with Crippen LogP contribution in [-0.4, -0.2) is 25.5 Å². The highest BCUT2D eigenvalue weighted by molar-refractivity contribution is 7.18. The fourth-order valence-corrected chi connectivity index (χ4v) is 4.04. The zero-order chi connectivity index (χ0) is 14.8. The van der Waals surface area contributed by atoms with E-state index in [1.807, 2.05) is 6.07 Å². The SMILES string of the molecule is CN(CC1CCCCC1)c1cc(N)c(C(=O)NC2CC2)s1. The molecule has 1 aromatic rings. The van der Waals surface area contributed by atoms with Gasteiger partial charge in [0.15, 0.2) is 0 Å². The van der Waals surface area contributed by atoms with E-state index in [1.54, 1.807) is 0 Å². The second-order valence-corrected chi connectivity index (χ2v) is 7.53. The molecule has 0 saturated heterocycles. The summed E-state index contributed by atoms with van der Waals surface area (Å²) in [4.78, 5) is 15.1. The van der Waals surface area contributed by atoms with Gasteiger partial charge in [0.25, 0.3) is 5.91 Å². The Morgan fingerprint density at radius 1 is 1.33 bits per heavy atom. The molecule has 3 rings (SSSR count). The third kappa shape index (κ3) is 3.70. The molecule has 5 heteroatoms. The zero-order valence-corrected chi connectivity index (χ0v) is 13.5. The molecular formula is C16H25N3OS. The van der Waals surface area contributed by atoms with Crippen molar-refractivity contribution >= 4 is 27.9 Å². The first-order chi connectivity index (χ1) is 10.1. The lowest BCUT2D eigenvalue weighted by atomic mass is 9.89. The van der Waals surface area contributed by atoms with Gasteiger partial charge in [0.1, 0.15) is 4.88 Å². The van der Waals surface area contributed by atoms with Gasteiger partial charge in [-0.2, -0.15) is 0 Å². The molecule has 4 nitrogen and oxygen atoms in total. The first-order valence-electron chi connectivity index (χ1n) is 8.05. The summed E-state index contributed by atoms with van der Waals surface area (Å²) >= 11 is 1.52. The molecule has 2 aliphatic carbocycles. The maximum absolute atomic E-state index is 12.1. The van der Waals surface area contributed by atoms with Gasteiger partial charge in [-0.1, -0.05) is 19.3 Å². The summed E-state index contributed by atoms with van der Waals surface area (Å²) in [5.41, 5.74) is 6.65. The van der Waals surface area contributed by atoms with Gasteiger partial charge in [-0.05, 0) is 37.7 Å². The molecule has 3 N–H and O–H groups in total. The number of carbonyl (C=O) groups is 1. The lowest BCUT2D eigenvalue weighted by molar-refractivity contribution is 0.0956. The van der Waals surface area contributed by atoms with Crippen LogP contribution < -0.4 is 16.0 Å². The third-order valence-corrected chi connectivity index (χ3v) is 5.76. The molecule has 0 radical (unpaired) electrons. The van der Waals surface area contributed by atoms with E-state index >= 15 is 0 Å². The topological polar surface area (TPSA) is 58.4 Å². The summed E-state index contributed by atoms with van der Waals surface area (Å²) in [6.45, 7) is 1.07. The first-order valence-corrected chi connectivity index (χ1v) is 8.86. The second kappa shape index (κ2) is 6.26. The van der Waals surface area contributed by atoms with Crippen LogP contribution in [0.15, 0.2) is 6.07 Å². The van der Waals surface area contributed by atoms with Crippen LogP contribution in [-0.2, 0) is 0 Å². The highest BCUT2D eigenvalue weighted by Crippen LogP contribution is 2.34. The van der Waals surface area contributed by atoms with Crippen LogP contribution in [0.1, 0.15) is 54.6 Å². The number of rotatable bonds is 5. The number of thiophene rings is 1. The fraction of sp³-hybridized carbons (Fsp3) is 0.688. The average Bonchev–Trinajstić information content (AvgIpc) is 3.19. The van der Waals surface area contributed by atoms with Crippen molar-refractivity contribution in [2.45, 2.75) is 51.0 Å². The van der Waals surface area contributed by atoms with Crippen molar-refractivity contribution in [2.75, 3.05) is 24.2 Å². The van der Waals surface area contributed by atoms with Crippen molar-refractivity contribution in [1.29, 1.82) is 0 Å². The first kappa shape index (κ1) is 14.7. The van der Waals surface area contributed by atoms with Gasteiger partial charge in [-0.25, -0.2) is 0 Å². The Morgan fingerprint density at radius 2 is 2.05 bits per heavy atom. The summed E-state index contributed by atoms with van der Waals surface area (Å²) in [5.74, 6) is 0.785. The van der Waals surface area contributed by atoms with Crippen LogP contribution in [0, 0.1) is 5.92 Å². The Hall–Kier alpha value is -1.23. The number of hydrogen-bond acceptors (Lipinski definition) is 4. The molecule has 0 bridgehead atoms. The van der Waals surface area contributed by atoms with Gasteiger partial charge < -0.3 is 16.0 Å². The van der Waals surface area contributed by atoms with Crippen molar-refractivity contribution < 1.29 is 4.79 Å². The minimum Gasteiger partial charge on any atom is -0.397 e. The average molecular weight is 307 g/mol. The fourth-order valence-electron chi connectivity index (χ4n) is 3.08. The number of hydrogen-bond donors (Lipinski definition) is 2. The molecule has 2 fully saturated rings. The minimum absolute atomic E-state index is 0.00248. The van der Waals surface area contributed by atoms with E-state index in [2.05, 4.69) is 17.3 Å².